The van der Waals surface area contributed by atoms with Crippen LogP contribution in [0.25, 0.3) is 44.5 Å². The van der Waals surface area contributed by atoms with Crippen LogP contribution in [0.1, 0.15) is 81.7 Å². The molecule has 9 rings (SSSR count). The molecule has 5 aromatic rings. The molecule has 2 aromatic heterocycles. The maximum absolute atomic E-state index is 16.4. The fraction of sp³-hybridized carbons (Fsp3) is 0.442. The van der Waals surface area contributed by atoms with Gasteiger partial charge in [0.25, 0.3) is 5.92 Å². The number of carbonyl (C=O) groups excluding carboxylic acids is 2. The highest BCUT2D eigenvalue weighted by atomic mass is 19.3. The quantitative estimate of drug-likeness (QED) is 0.132. The molecule has 3 unspecified atom stereocenters. The number of likely N-dealkylation sites (tertiary alicyclic amines) is 1. The minimum atomic E-state index is -3.21. The number of benzene rings is 3. The van der Waals surface area contributed by atoms with Crippen LogP contribution in [0.4, 0.5) is 13.6 Å². The lowest BCUT2D eigenvalue weighted by atomic mass is 9.98. The number of methoxy groups -OCH3 is 1. The monoisotopic (exact) mass is 747 g/mol. The standard InChI is InChI=1S/C43H47F2N7O3/c1-23(2)37(50-41(54)55-5)40(53)52(22-42(3)14-15-42)21-36-46-20-35(47-36)26-8-12-30-29-11-7-24(17-31(29)43(44,45)32(30)18-26)25-9-13-33-34(19-25)49-39(48-33)38-27-6-10-28(16-27)51(38)4/h7-9,11-13,17-20,23,27-28,37-38H,6,10,14-16,21-22H2,1-5H3,(H,46,47)(H,48,49)(H,50,54)/t27-,28?,37?,38?/m0/s1. The number of hydrogen-bond donors (Lipinski definition) is 3. The van der Waals surface area contributed by atoms with E-state index in [9.17, 15) is 9.59 Å². The second kappa shape index (κ2) is 13.0. The summed E-state index contributed by atoms with van der Waals surface area (Å²) in [5.41, 5.74) is 5.49. The summed E-state index contributed by atoms with van der Waals surface area (Å²) in [6.07, 6.45) is 6.66. The number of carbonyl (C=O) groups is 2. The number of piperidine rings is 1. The van der Waals surface area contributed by atoms with E-state index < -0.39 is 18.1 Å². The highest BCUT2D eigenvalue weighted by Crippen LogP contribution is 2.53. The summed E-state index contributed by atoms with van der Waals surface area (Å²) in [6, 6.07) is 16.6. The molecule has 12 heteroatoms. The number of fused-ring (bicyclic) bond motifs is 6. The number of hydrogen-bond acceptors (Lipinski definition) is 6. The molecule has 3 aliphatic carbocycles. The van der Waals surface area contributed by atoms with Gasteiger partial charge in [0.05, 0.1) is 42.6 Å². The van der Waals surface area contributed by atoms with Gasteiger partial charge in [-0.15, -0.1) is 0 Å². The van der Waals surface area contributed by atoms with Gasteiger partial charge < -0.3 is 24.9 Å². The Hall–Kier alpha value is -5.10. The number of alkyl halides is 2. The molecule has 55 heavy (non-hydrogen) atoms. The molecule has 1 saturated heterocycles. The molecule has 2 saturated carbocycles. The average Bonchev–Trinajstić information content (AvgIpc) is 3.72. The van der Waals surface area contributed by atoms with E-state index in [-0.39, 0.29) is 34.9 Å². The van der Waals surface area contributed by atoms with Crippen LogP contribution in [0.5, 0.6) is 0 Å². The van der Waals surface area contributed by atoms with Gasteiger partial charge in [-0.2, -0.15) is 8.78 Å². The minimum Gasteiger partial charge on any atom is -0.453 e. The average molecular weight is 748 g/mol. The fourth-order valence-corrected chi connectivity index (χ4v) is 9.25. The minimum absolute atomic E-state index is 0.000278. The molecular formula is C43H47F2N7O3. The van der Waals surface area contributed by atoms with Crippen LogP contribution >= 0.6 is 0 Å². The van der Waals surface area contributed by atoms with E-state index in [4.69, 9.17) is 9.72 Å². The molecule has 3 heterocycles. The molecule has 2 bridgehead atoms. The third-order valence-electron chi connectivity index (χ3n) is 12.7. The molecule has 1 aliphatic heterocycles. The lowest BCUT2D eigenvalue weighted by molar-refractivity contribution is -0.136. The summed E-state index contributed by atoms with van der Waals surface area (Å²) in [5.74, 6) is -1.47. The van der Waals surface area contributed by atoms with E-state index >= 15 is 8.78 Å². The summed E-state index contributed by atoms with van der Waals surface area (Å²) in [7, 11) is 3.46. The number of aromatic nitrogens is 4. The molecule has 3 aromatic carbocycles. The van der Waals surface area contributed by atoms with Gasteiger partial charge in [0.1, 0.15) is 17.7 Å². The van der Waals surface area contributed by atoms with Crippen molar-refractivity contribution in [3.05, 3.63) is 83.6 Å². The fourth-order valence-electron chi connectivity index (χ4n) is 9.25. The van der Waals surface area contributed by atoms with Gasteiger partial charge >= 0.3 is 6.09 Å². The van der Waals surface area contributed by atoms with Crippen molar-refractivity contribution in [3.63, 3.8) is 0 Å². The smallest absolute Gasteiger partial charge is 0.407 e. The predicted molar refractivity (Wildman–Crippen MR) is 206 cm³/mol. The van der Waals surface area contributed by atoms with Crippen molar-refractivity contribution in [2.75, 3.05) is 20.7 Å². The van der Waals surface area contributed by atoms with Gasteiger partial charge in [-0.05, 0) is 103 Å². The van der Waals surface area contributed by atoms with Crippen LogP contribution in [0.15, 0.2) is 60.8 Å². The molecular weight excluding hydrogens is 701 g/mol. The molecule has 0 radical (unpaired) electrons. The van der Waals surface area contributed by atoms with Gasteiger partial charge in [-0.1, -0.05) is 51.1 Å². The van der Waals surface area contributed by atoms with Crippen molar-refractivity contribution in [3.8, 4) is 33.5 Å². The summed E-state index contributed by atoms with van der Waals surface area (Å²) in [5, 5.41) is 2.68. The highest BCUT2D eigenvalue weighted by molar-refractivity contribution is 5.87. The number of amides is 2. The van der Waals surface area contributed by atoms with E-state index in [1.54, 1.807) is 35.4 Å². The maximum Gasteiger partial charge on any atom is 0.407 e. The number of ether oxygens (including phenoxy) is 1. The Bertz CT molecular complexity index is 2330. The summed E-state index contributed by atoms with van der Waals surface area (Å²) < 4.78 is 37.6. The number of imidazole rings is 2. The number of rotatable bonds is 10. The first-order chi connectivity index (χ1) is 26.3. The second-order valence-corrected chi connectivity index (χ2v) is 16.9. The van der Waals surface area contributed by atoms with Crippen molar-refractivity contribution in [2.45, 2.75) is 83.5 Å². The Balaban J connectivity index is 0.956. The van der Waals surface area contributed by atoms with E-state index in [1.165, 1.54) is 26.4 Å². The van der Waals surface area contributed by atoms with E-state index in [2.05, 4.69) is 39.1 Å². The summed E-state index contributed by atoms with van der Waals surface area (Å²) in [4.78, 5) is 46.4. The van der Waals surface area contributed by atoms with E-state index in [0.717, 1.165) is 40.8 Å². The van der Waals surface area contributed by atoms with E-state index in [1.807, 2.05) is 44.2 Å². The zero-order valence-corrected chi connectivity index (χ0v) is 31.9. The van der Waals surface area contributed by atoms with E-state index in [0.29, 0.717) is 52.8 Å². The van der Waals surface area contributed by atoms with Gasteiger partial charge in [-0.3, -0.25) is 9.69 Å². The zero-order valence-electron chi connectivity index (χ0n) is 31.9. The number of nitrogens with zero attached hydrogens (tertiary/aromatic N) is 4. The number of H-pyrrole nitrogens is 2. The topological polar surface area (TPSA) is 119 Å². The first-order valence-electron chi connectivity index (χ1n) is 19.4. The first-order valence-corrected chi connectivity index (χ1v) is 19.4. The molecule has 4 atom stereocenters. The maximum atomic E-state index is 16.4. The van der Waals surface area contributed by atoms with Crippen LogP contribution in [-0.2, 0) is 22.0 Å². The Kier molecular flexibility index (Phi) is 8.41. The lowest BCUT2D eigenvalue weighted by Gasteiger charge is -2.31. The number of alkyl carbamates (subject to hydrolysis) is 1. The molecule has 3 fully saturated rings. The van der Waals surface area contributed by atoms with Crippen LogP contribution in [0, 0.1) is 17.3 Å². The molecule has 286 valence electrons. The van der Waals surface area contributed by atoms with Crippen molar-refractivity contribution in [1.82, 2.24) is 35.1 Å². The molecule has 3 N–H and O–H groups in total. The molecule has 0 spiro atoms. The predicted octanol–water partition coefficient (Wildman–Crippen LogP) is 8.41. The summed E-state index contributed by atoms with van der Waals surface area (Å²) in [6.45, 7) is 6.57. The highest BCUT2D eigenvalue weighted by Gasteiger charge is 2.47. The van der Waals surface area contributed by atoms with Crippen LogP contribution in [0.2, 0.25) is 0 Å². The SMILES string of the molecule is COC(=O)NC(C(=O)N(Cc1ncc(-c2ccc3c(c2)C(F)(F)c2cc(-c4ccc5nc(C6[C@H]7CCC(C7)N6C)[nH]c5c4)ccc2-3)[nH]1)CC1(C)CC1)C(C)C. The van der Waals surface area contributed by atoms with Crippen LogP contribution in [-0.4, -0.2) is 74.5 Å². The van der Waals surface area contributed by atoms with Gasteiger partial charge in [0.2, 0.25) is 5.91 Å². The number of aromatic amines is 2. The molecule has 2 amide bonds. The van der Waals surface area contributed by atoms with Crippen molar-refractivity contribution in [1.29, 1.82) is 0 Å². The third kappa shape index (κ3) is 6.18. The van der Waals surface area contributed by atoms with Gasteiger partial charge in [-0.25, -0.2) is 14.8 Å². The van der Waals surface area contributed by atoms with Crippen LogP contribution < -0.4 is 5.32 Å². The zero-order chi connectivity index (χ0) is 38.4. The molecule has 4 aliphatic rings. The Morgan fingerprint density at radius 1 is 1.00 bits per heavy atom. The normalized spacial score (nSPS) is 22.1. The Morgan fingerprint density at radius 3 is 2.36 bits per heavy atom. The Morgan fingerprint density at radius 2 is 1.69 bits per heavy atom. The third-order valence-corrected chi connectivity index (χ3v) is 12.7. The largest absolute Gasteiger partial charge is 0.453 e. The van der Waals surface area contributed by atoms with Crippen molar-refractivity contribution < 1.29 is 23.1 Å². The number of nitrogens with one attached hydrogen (secondary N) is 3. The van der Waals surface area contributed by atoms with Crippen molar-refractivity contribution in [2.24, 2.45) is 17.3 Å². The second-order valence-electron chi connectivity index (χ2n) is 16.9. The van der Waals surface area contributed by atoms with Crippen molar-refractivity contribution >= 4 is 23.0 Å². The number of halogens is 2. The molecule has 10 nitrogen and oxygen atoms in total. The Labute approximate surface area is 319 Å². The lowest BCUT2D eigenvalue weighted by Crippen LogP contribution is -2.52. The van der Waals surface area contributed by atoms with Gasteiger partial charge in [0, 0.05) is 29.3 Å². The van der Waals surface area contributed by atoms with Gasteiger partial charge in [0.15, 0.2) is 0 Å². The van der Waals surface area contributed by atoms with Crippen LogP contribution in [0.3, 0.4) is 0 Å². The summed E-state index contributed by atoms with van der Waals surface area (Å²) >= 11 is 0. The first kappa shape index (κ1) is 35.6.